The van der Waals surface area contributed by atoms with Crippen LogP contribution in [0.3, 0.4) is 0 Å². The van der Waals surface area contributed by atoms with Gasteiger partial charge in [-0.25, -0.2) is 9.59 Å². The van der Waals surface area contributed by atoms with Crippen molar-refractivity contribution in [3.63, 3.8) is 0 Å². The number of nitrogens with one attached hydrogen (secondary N) is 1. The number of amides is 2. The average molecular weight is 483 g/mol. The van der Waals surface area contributed by atoms with Gasteiger partial charge in [0.25, 0.3) is 0 Å². The van der Waals surface area contributed by atoms with E-state index in [0.29, 0.717) is 12.2 Å². The molecule has 34 heavy (non-hydrogen) atoms. The van der Waals surface area contributed by atoms with Gasteiger partial charge in [-0.15, -0.1) is 11.8 Å². The molecule has 0 saturated carbocycles. The quantitative estimate of drug-likeness (QED) is 0.577. The van der Waals surface area contributed by atoms with E-state index in [1.165, 1.54) is 16.7 Å². The number of fused-ring (bicyclic) bond motifs is 3. The second-order valence-corrected chi connectivity index (χ2v) is 10.0. The fraction of sp³-hybridized carbons (Fsp3) is 0.423. The number of unbranched alkanes of at least 4 members (excludes halogenated alkanes) is 1. The molecule has 180 valence electrons. The Kier molecular flexibility index (Phi) is 7.46. The number of benzene rings is 2. The first-order valence-corrected chi connectivity index (χ1v) is 12.7. The standard InChI is InChI=1S/C26H30N2O5S/c1-3-4-13-22(24(29)28-16(2)34-15-23(28)25(30)31)27-26(32)33-14-21-19-11-7-5-9-17(19)18-10-6-8-12-20(18)21/h5-12,16,21-23H,3-4,13-15H2,1-2H3,(H,27,32)(H,30,31). The number of hydrogen-bond donors (Lipinski definition) is 2. The molecule has 3 unspecified atom stereocenters. The third-order valence-electron chi connectivity index (χ3n) is 6.54. The van der Waals surface area contributed by atoms with Crippen molar-refractivity contribution in [1.29, 1.82) is 0 Å². The van der Waals surface area contributed by atoms with Crippen molar-refractivity contribution in [2.45, 2.75) is 56.5 Å². The summed E-state index contributed by atoms with van der Waals surface area (Å²) in [5, 5.41) is 12.0. The van der Waals surface area contributed by atoms with Crippen LogP contribution in [0, 0.1) is 0 Å². The van der Waals surface area contributed by atoms with Crippen LogP contribution in [0.5, 0.6) is 0 Å². The highest BCUT2D eigenvalue weighted by molar-refractivity contribution is 8.00. The molecule has 2 aromatic carbocycles. The molecule has 1 heterocycles. The van der Waals surface area contributed by atoms with Crippen LogP contribution in [0.25, 0.3) is 11.1 Å². The molecule has 2 aromatic rings. The van der Waals surface area contributed by atoms with E-state index in [1.807, 2.05) is 50.2 Å². The number of alkyl carbamates (subject to hydrolysis) is 1. The van der Waals surface area contributed by atoms with Gasteiger partial charge in [-0.3, -0.25) is 4.79 Å². The lowest BCUT2D eigenvalue weighted by molar-refractivity contribution is -0.149. The average Bonchev–Trinajstić information content (AvgIpc) is 3.38. The van der Waals surface area contributed by atoms with Crippen LogP contribution < -0.4 is 5.32 Å². The maximum absolute atomic E-state index is 13.3. The van der Waals surface area contributed by atoms with Gasteiger partial charge < -0.3 is 20.1 Å². The van der Waals surface area contributed by atoms with E-state index < -0.39 is 24.1 Å². The molecule has 0 radical (unpaired) electrons. The third kappa shape index (κ3) is 4.78. The molecule has 1 fully saturated rings. The van der Waals surface area contributed by atoms with Gasteiger partial charge in [0, 0.05) is 11.7 Å². The molecule has 1 saturated heterocycles. The number of rotatable bonds is 8. The van der Waals surface area contributed by atoms with Gasteiger partial charge in [0.1, 0.15) is 18.7 Å². The molecule has 0 spiro atoms. The van der Waals surface area contributed by atoms with Crippen molar-refractivity contribution in [3.05, 3.63) is 59.7 Å². The smallest absolute Gasteiger partial charge is 0.407 e. The minimum absolute atomic E-state index is 0.0747. The number of carboxylic acids is 1. The van der Waals surface area contributed by atoms with Crippen molar-refractivity contribution in [2.75, 3.05) is 12.4 Å². The second-order valence-electron chi connectivity index (χ2n) is 8.70. The molecule has 7 nitrogen and oxygen atoms in total. The molecule has 0 bridgehead atoms. The van der Waals surface area contributed by atoms with E-state index in [1.54, 1.807) is 0 Å². The molecular formula is C26H30N2O5S. The predicted octanol–water partition coefficient (Wildman–Crippen LogP) is 4.46. The number of nitrogens with zero attached hydrogens (tertiary/aromatic N) is 1. The maximum atomic E-state index is 13.3. The number of carbonyl (C=O) groups is 3. The number of carboxylic acid groups (broad SMARTS) is 1. The van der Waals surface area contributed by atoms with Crippen LogP contribution in [-0.4, -0.2) is 57.8 Å². The Bertz CT molecular complexity index is 1030. The third-order valence-corrected chi connectivity index (χ3v) is 7.76. The Morgan fingerprint density at radius 3 is 2.32 bits per heavy atom. The Balaban J connectivity index is 1.45. The van der Waals surface area contributed by atoms with Gasteiger partial charge in [-0.05, 0) is 35.6 Å². The van der Waals surface area contributed by atoms with Crippen molar-refractivity contribution in [3.8, 4) is 11.1 Å². The summed E-state index contributed by atoms with van der Waals surface area (Å²) in [6.07, 6.45) is 1.35. The van der Waals surface area contributed by atoms with Crippen LogP contribution >= 0.6 is 11.8 Å². The highest BCUT2D eigenvalue weighted by Gasteiger charge is 2.42. The zero-order valence-electron chi connectivity index (χ0n) is 19.4. The van der Waals surface area contributed by atoms with Crippen molar-refractivity contribution < 1.29 is 24.2 Å². The summed E-state index contributed by atoms with van der Waals surface area (Å²) in [5.74, 6) is -1.13. The number of hydrogen-bond acceptors (Lipinski definition) is 5. The topological polar surface area (TPSA) is 95.9 Å². The lowest BCUT2D eigenvalue weighted by Gasteiger charge is -2.29. The molecule has 1 aliphatic carbocycles. The van der Waals surface area contributed by atoms with E-state index in [9.17, 15) is 19.5 Å². The van der Waals surface area contributed by atoms with Gasteiger partial charge in [-0.2, -0.15) is 0 Å². The van der Waals surface area contributed by atoms with Crippen LogP contribution in [0.4, 0.5) is 4.79 Å². The summed E-state index contributed by atoms with van der Waals surface area (Å²) in [6.45, 7) is 3.97. The van der Waals surface area contributed by atoms with Crippen LogP contribution in [-0.2, 0) is 14.3 Å². The van der Waals surface area contributed by atoms with Crippen LogP contribution in [0.1, 0.15) is 50.2 Å². The van der Waals surface area contributed by atoms with Gasteiger partial charge in [-0.1, -0.05) is 68.3 Å². The summed E-state index contributed by atoms with van der Waals surface area (Å²) < 4.78 is 5.62. The number of carbonyl (C=O) groups excluding carboxylic acids is 2. The Morgan fingerprint density at radius 2 is 1.74 bits per heavy atom. The van der Waals surface area contributed by atoms with Gasteiger partial charge >= 0.3 is 12.1 Å². The monoisotopic (exact) mass is 482 g/mol. The number of ether oxygens (including phenoxy) is 1. The Labute approximate surface area is 203 Å². The van der Waals surface area contributed by atoms with E-state index >= 15 is 0 Å². The molecule has 1 aliphatic heterocycles. The molecule has 4 rings (SSSR count). The molecule has 0 aromatic heterocycles. The van der Waals surface area contributed by atoms with E-state index in [0.717, 1.165) is 35.1 Å². The minimum Gasteiger partial charge on any atom is -0.480 e. The molecular weight excluding hydrogens is 452 g/mol. The fourth-order valence-electron chi connectivity index (χ4n) is 4.80. The highest BCUT2D eigenvalue weighted by atomic mass is 32.2. The number of thioether (sulfide) groups is 1. The van der Waals surface area contributed by atoms with Gasteiger partial charge in [0.15, 0.2) is 0 Å². The first-order valence-electron chi connectivity index (χ1n) is 11.7. The predicted molar refractivity (Wildman–Crippen MR) is 132 cm³/mol. The first-order chi connectivity index (χ1) is 16.4. The zero-order valence-corrected chi connectivity index (χ0v) is 20.2. The summed E-state index contributed by atoms with van der Waals surface area (Å²) in [5.41, 5.74) is 4.51. The fourth-order valence-corrected chi connectivity index (χ4v) is 5.97. The second kappa shape index (κ2) is 10.5. The van der Waals surface area contributed by atoms with E-state index in [-0.39, 0.29) is 23.8 Å². The summed E-state index contributed by atoms with van der Waals surface area (Å²) in [4.78, 5) is 39.1. The minimum atomic E-state index is -1.03. The highest BCUT2D eigenvalue weighted by Crippen LogP contribution is 2.44. The summed E-state index contributed by atoms with van der Waals surface area (Å²) in [6, 6.07) is 14.5. The van der Waals surface area contributed by atoms with Crippen LogP contribution in [0.15, 0.2) is 48.5 Å². The van der Waals surface area contributed by atoms with E-state index in [4.69, 9.17) is 4.74 Å². The first kappa shape index (κ1) is 24.1. The molecule has 8 heteroatoms. The Hall–Kier alpha value is -3.00. The van der Waals surface area contributed by atoms with Crippen molar-refractivity contribution >= 4 is 29.7 Å². The summed E-state index contributed by atoms with van der Waals surface area (Å²) in [7, 11) is 0. The van der Waals surface area contributed by atoms with Gasteiger partial charge in [0.2, 0.25) is 5.91 Å². The lowest BCUT2D eigenvalue weighted by Crippen LogP contribution is -2.54. The largest absolute Gasteiger partial charge is 0.480 e. The molecule has 2 aliphatic rings. The van der Waals surface area contributed by atoms with Crippen molar-refractivity contribution in [2.24, 2.45) is 0 Å². The lowest BCUT2D eigenvalue weighted by atomic mass is 9.98. The molecule has 2 amide bonds. The summed E-state index contributed by atoms with van der Waals surface area (Å²) >= 11 is 1.42. The maximum Gasteiger partial charge on any atom is 0.407 e. The normalized spacial score (nSPS) is 19.9. The SMILES string of the molecule is CCCCC(NC(=O)OCC1c2ccccc2-c2ccccc21)C(=O)N1C(C)SCC1C(=O)O. The van der Waals surface area contributed by atoms with E-state index in [2.05, 4.69) is 17.4 Å². The van der Waals surface area contributed by atoms with Crippen LogP contribution in [0.2, 0.25) is 0 Å². The molecule has 3 atom stereocenters. The number of aliphatic carboxylic acids is 1. The van der Waals surface area contributed by atoms with Gasteiger partial charge in [0.05, 0.1) is 5.37 Å². The zero-order chi connectivity index (χ0) is 24.2. The Morgan fingerprint density at radius 1 is 1.12 bits per heavy atom. The molecule has 2 N–H and O–H groups in total. The van der Waals surface area contributed by atoms with Crippen molar-refractivity contribution in [1.82, 2.24) is 10.2 Å².